The summed E-state index contributed by atoms with van der Waals surface area (Å²) in [5.74, 6) is 0.523. The number of aliphatic hydroxyl groups excluding tert-OH is 1. The van der Waals surface area contributed by atoms with E-state index in [0.717, 1.165) is 38.1 Å². The van der Waals surface area contributed by atoms with Gasteiger partial charge >= 0.3 is 0 Å². The highest BCUT2D eigenvalue weighted by atomic mass is 19.1. The smallest absolute Gasteiger partial charge is 0.159 e. The molecule has 2 aliphatic heterocycles. The van der Waals surface area contributed by atoms with Crippen LogP contribution in [0.4, 0.5) is 10.1 Å². The van der Waals surface area contributed by atoms with Crippen molar-refractivity contribution in [1.82, 2.24) is 4.90 Å². The summed E-state index contributed by atoms with van der Waals surface area (Å²) in [7, 11) is 0. The maximum atomic E-state index is 13.7. The first kappa shape index (κ1) is 10.7. The Hall–Kier alpha value is -1.42. The molecule has 0 aliphatic carbocycles. The van der Waals surface area contributed by atoms with Gasteiger partial charge in [-0.2, -0.15) is 0 Å². The molecule has 17 heavy (non-hydrogen) atoms. The lowest BCUT2D eigenvalue weighted by Crippen LogP contribution is -2.37. The van der Waals surface area contributed by atoms with E-state index in [9.17, 15) is 9.50 Å². The molecule has 1 N–H and O–H groups in total. The number of hydrogen-bond donors (Lipinski definition) is 1. The summed E-state index contributed by atoms with van der Waals surface area (Å²) in [5.41, 5.74) is 0.892. The molecule has 1 fully saturated rings. The third kappa shape index (κ3) is 1.72. The standard InChI is InChI=1S/C13H15FN2O/c14-9-5-4-6-10-12(9)13(17)16-8-3-1-2-7-11(16)15-10/h4-6,13,17H,1-3,7-8H2. The van der Waals surface area contributed by atoms with Crippen LogP contribution in [0.1, 0.15) is 37.5 Å². The van der Waals surface area contributed by atoms with Gasteiger partial charge in [0.1, 0.15) is 11.7 Å². The van der Waals surface area contributed by atoms with Crippen LogP contribution < -0.4 is 0 Å². The van der Waals surface area contributed by atoms with Gasteiger partial charge in [0, 0.05) is 13.0 Å². The van der Waals surface area contributed by atoms with Crippen molar-refractivity contribution in [2.75, 3.05) is 6.54 Å². The van der Waals surface area contributed by atoms with Crippen LogP contribution in [0.5, 0.6) is 0 Å². The van der Waals surface area contributed by atoms with Crippen molar-refractivity contribution in [2.24, 2.45) is 4.99 Å². The number of aliphatic hydroxyl groups is 1. The van der Waals surface area contributed by atoms with E-state index in [1.807, 2.05) is 4.90 Å². The zero-order valence-electron chi connectivity index (χ0n) is 9.56. The van der Waals surface area contributed by atoms with Gasteiger partial charge in [0.05, 0.1) is 11.3 Å². The van der Waals surface area contributed by atoms with Crippen molar-refractivity contribution in [1.29, 1.82) is 0 Å². The molecule has 1 aromatic carbocycles. The summed E-state index contributed by atoms with van der Waals surface area (Å²) in [6.07, 6.45) is 3.25. The van der Waals surface area contributed by atoms with Crippen molar-refractivity contribution < 1.29 is 9.50 Å². The van der Waals surface area contributed by atoms with Gasteiger partial charge in [-0.1, -0.05) is 12.5 Å². The first-order chi connectivity index (χ1) is 8.27. The minimum Gasteiger partial charge on any atom is -0.369 e. The zero-order chi connectivity index (χ0) is 11.8. The Bertz CT molecular complexity index is 472. The van der Waals surface area contributed by atoms with E-state index in [-0.39, 0.29) is 5.82 Å². The van der Waals surface area contributed by atoms with Crippen LogP contribution in [0.3, 0.4) is 0 Å². The second-order valence-corrected chi connectivity index (χ2v) is 4.58. The number of halogens is 1. The highest BCUT2D eigenvalue weighted by Gasteiger charge is 2.31. The lowest BCUT2D eigenvalue weighted by atomic mass is 10.1. The molecule has 0 amide bonds. The molecular formula is C13H15FN2O. The summed E-state index contributed by atoms with van der Waals surface area (Å²) >= 11 is 0. The molecule has 0 aromatic heterocycles. The van der Waals surface area contributed by atoms with E-state index in [1.165, 1.54) is 6.07 Å². The van der Waals surface area contributed by atoms with Crippen molar-refractivity contribution in [3.8, 4) is 0 Å². The van der Waals surface area contributed by atoms with Crippen LogP contribution in [0.25, 0.3) is 0 Å². The first-order valence-corrected chi connectivity index (χ1v) is 6.08. The first-order valence-electron chi connectivity index (χ1n) is 6.08. The fraction of sp³-hybridized carbons (Fsp3) is 0.462. The highest BCUT2D eigenvalue weighted by Crippen LogP contribution is 2.36. The van der Waals surface area contributed by atoms with Crippen LogP contribution in [0, 0.1) is 5.82 Å². The van der Waals surface area contributed by atoms with Crippen molar-refractivity contribution in [3.05, 3.63) is 29.6 Å². The van der Waals surface area contributed by atoms with Crippen LogP contribution in [-0.2, 0) is 0 Å². The zero-order valence-corrected chi connectivity index (χ0v) is 9.56. The summed E-state index contributed by atoms with van der Waals surface area (Å²) in [4.78, 5) is 6.31. The molecular weight excluding hydrogens is 219 g/mol. The number of aliphatic imine (C=N–C) groups is 1. The lowest BCUT2D eigenvalue weighted by molar-refractivity contribution is 0.0469. The summed E-state index contributed by atoms with van der Waals surface area (Å²) in [5, 5.41) is 10.3. The van der Waals surface area contributed by atoms with E-state index in [2.05, 4.69) is 4.99 Å². The van der Waals surface area contributed by atoms with Gasteiger partial charge in [0.2, 0.25) is 0 Å². The normalized spacial score (nSPS) is 23.5. The Kier molecular flexibility index (Phi) is 2.59. The largest absolute Gasteiger partial charge is 0.369 e. The number of nitrogens with zero attached hydrogens (tertiary/aromatic N) is 2. The fourth-order valence-corrected chi connectivity index (χ4v) is 2.57. The molecule has 0 saturated carbocycles. The monoisotopic (exact) mass is 234 g/mol. The van der Waals surface area contributed by atoms with E-state index in [4.69, 9.17) is 0 Å². The van der Waals surface area contributed by atoms with Gasteiger partial charge in [-0.3, -0.25) is 0 Å². The molecule has 3 nitrogen and oxygen atoms in total. The van der Waals surface area contributed by atoms with Gasteiger partial charge in [-0.15, -0.1) is 0 Å². The van der Waals surface area contributed by atoms with Gasteiger partial charge in [0.15, 0.2) is 6.23 Å². The second kappa shape index (κ2) is 4.11. The van der Waals surface area contributed by atoms with Crippen molar-refractivity contribution >= 4 is 11.5 Å². The molecule has 2 heterocycles. The minimum absolute atomic E-state index is 0.318. The molecule has 0 radical (unpaired) electrons. The van der Waals surface area contributed by atoms with E-state index in [0.29, 0.717) is 11.3 Å². The SMILES string of the molecule is OC1c2c(F)cccc2N=C2CCCCCN21. The highest BCUT2D eigenvalue weighted by molar-refractivity contribution is 5.87. The molecule has 1 aromatic rings. The molecule has 4 heteroatoms. The number of fused-ring (bicyclic) bond motifs is 2. The third-order valence-electron chi connectivity index (χ3n) is 3.46. The third-order valence-corrected chi connectivity index (χ3v) is 3.46. The topological polar surface area (TPSA) is 35.8 Å². The van der Waals surface area contributed by atoms with Gasteiger partial charge in [0.25, 0.3) is 0 Å². The Morgan fingerprint density at radius 3 is 3.06 bits per heavy atom. The van der Waals surface area contributed by atoms with Crippen LogP contribution >= 0.6 is 0 Å². The summed E-state index contributed by atoms with van der Waals surface area (Å²) in [6, 6.07) is 4.77. The molecule has 3 rings (SSSR count). The van der Waals surface area contributed by atoms with Crippen molar-refractivity contribution in [2.45, 2.75) is 31.9 Å². The van der Waals surface area contributed by atoms with E-state index < -0.39 is 6.23 Å². The molecule has 0 spiro atoms. The molecule has 1 unspecified atom stereocenters. The molecule has 90 valence electrons. The predicted octanol–water partition coefficient (Wildman–Crippen LogP) is 2.74. The fourth-order valence-electron chi connectivity index (χ4n) is 2.57. The van der Waals surface area contributed by atoms with Gasteiger partial charge < -0.3 is 10.0 Å². The molecule has 2 aliphatic rings. The summed E-state index contributed by atoms with van der Waals surface area (Å²) < 4.78 is 13.7. The number of hydrogen-bond acceptors (Lipinski definition) is 3. The number of benzene rings is 1. The average Bonchev–Trinajstić information content (AvgIpc) is 2.54. The van der Waals surface area contributed by atoms with Crippen LogP contribution in [0.15, 0.2) is 23.2 Å². The average molecular weight is 234 g/mol. The molecule has 1 saturated heterocycles. The lowest BCUT2D eigenvalue weighted by Gasteiger charge is -2.34. The molecule has 0 bridgehead atoms. The van der Waals surface area contributed by atoms with E-state index >= 15 is 0 Å². The minimum atomic E-state index is -0.878. The number of rotatable bonds is 0. The van der Waals surface area contributed by atoms with Crippen LogP contribution in [0.2, 0.25) is 0 Å². The van der Waals surface area contributed by atoms with E-state index in [1.54, 1.807) is 12.1 Å². The Morgan fingerprint density at radius 1 is 1.29 bits per heavy atom. The van der Waals surface area contributed by atoms with Gasteiger partial charge in [-0.05, 0) is 25.0 Å². The Morgan fingerprint density at radius 2 is 2.18 bits per heavy atom. The maximum absolute atomic E-state index is 13.7. The number of amidine groups is 1. The Labute approximate surface area is 99.6 Å². The van der Waals surface area contributed by atoms with Crippen LogP contribution in [-0.4, -0.2) is 22.4 Å². The van der Waals surface area contributed by atoms with Crippen molar-refractivity contribution in [3.63, 3.8) is 0 Å². The predicted molar refractivity (Wildman–Crippen MR) is 63.6 cm³/mol. The maximum Gasteiger partial charge on any atom is 0.159 e. The second-order valence-electron chi connectivity index (χ2n) is 4.58. The molecule has 1 atom stereocenters. The summed E-state index contributed by atoms with van der Waals surface area (Å²) in [6.45, 7) is 0.758. The van der Waals surface area contributed by atoms with Gasteiger partial charge in [-0.25, -0.2) is 9.38 Å². The quantitative estimate of drug-likeness (QED) is 0.749. The Balaban J connectivity index is 2.10.